The molecule has 1 amide bonds. The van der Waals surface area contributed by atoms with Gasteiger partial charge in [0, 0.05) is 33.9 Å². The van der Waals surface area contributed by atoms with Crippen molar-refractivity contribution < 1.29 is 9.21 Å². The highest BCUT2D eigenvalue weighted by atomic mass is 79.9. The summed E-state index contributed by atoms with van der Waals surface area (Å²) < 4.78 is 7.08. The fourth-order valence-electron chi connectivity index (χ4n) is 4.21. The molecule has 148 valence electrons. The third-order valence-electron chi connectivity index (χ3n) is 5.63. The molecule has 1 atom stereocenters. The van der Waals surface area contributed by atoms with Gasteiger partial charge in [0.25, 0.3) is 5.91 Å². The molecule has 7 nitrogen and oxygen atoms in total. The second-order valence-corrected chi connectivity index (χ2v) is 8.28. The summed E-state index contributed by atoms with van der Waals surface area (Å²) in [6, 6.07) is 15.1. The molecule has 0 spiro atoms. The molecule has 6 rings (SSSR count). The van der Waals surface area contributed by atoms with Crippen molar-refractivity contribution in [1.29, 1.82) is 0 Å². The fourth-order valence-corrected chi connectivity index (χ4v) is 4.57. The summed E-state index contributed by atoms with van der Waals surface area (Å²) in [5.74, 6) is 0.544. The maximum absolute atomic E-state index is 13.6. The van der Waals surface area contributed by atoms with E-state index in [9.17, 15) is 4.79 Å². The molecule has 2 aromatic carbocycles. The number of hydrogen-bond donors (Lipinski definition) is 2. The molecule has 5 aromatic rings. The smallest absolute Gasteiger partial charge is 0.275 e. The summed E-state index contributed by atoms with van der Waals surface area (Å²) in [7, 11) is 0. The number of halogens is 1. The Bertz CT molecular complexity index is 1380. The Morgan fingerprint density at radius 2 is 2.10 bits per heavy atom. The van der Waals surface area contributed by atoms with Gasteiger partial charge in [0.2, 0.25) is 0 Å². The molecule has 0 bridgehead atoms. The Kier molecular flexibility index (Phi) is 3.82. The van der Waals surface area contributed by atoms with Crippen molar-refractivity contribution in [2.75, 3.05) is 6.54 Å². The SMILES string of the molecule is O=C(c1n[nH]c2cc(Br)ccc12)N1CCc2[nH]cnc2[C@H]1c1cc2ccccc2o1. The number of carbonyl (C=O) groups is 1. The molecule has 0 fully saturated rings. The van der Waals surface area contributed by atoms with Gasteiger partial charge < -0.3 is 14.3 Å². The fraction of sp³-hybridized carbons (Fsp3) is 0.136. The van der Waals surface area contributed by atoms with E-state index in [0.29, 0.717) is 24.4 Å². The van der Waals surface area contributed by atoms with Gasteiger partial charge in [-0.25, -0.2) is 4.98 Å². The minimum atomic E-state index is -0.415. The van der Waals surface area contributed by atoms with Crippen molar-refractivity contribution in [3.05, 3.63) is 82.2 Å². The van der Waals surface area contributed by atoms with Gasteiger partial charge in [-0.1, -0.05) is 34.1 Å². The Morgan fingerprint density at radius 3 is 3.00 bits per heavy atom. The zero-order valence-corrected chi connectivity index (χ0v) is 17.3. The van der Waals surface area contributed by atoms with Crippen LogP contribution in [-0.4, -0.2) is 37.5 Å². The van der Waals surface area contributed by atoms with Gasteiger partial charge in [-0.15, -0.1) is 0 Å². The van der Waals surface area contributed by atoms with Crippen LogP contribution in [0.3, 0.4) is 0 Å². The minimum absolute atomic E-state index is 0.150. The van der Waals surface area contributed by atoms with Gasteiger partial charge >= 0.3 is 0 Å². The summed E-state index contributed by atoms with van der Waals surface area (Å²) in [6.07, 6.45) is 2.38. The van der Waals surface area contributed by atoms with E-state index in [2.05, 4.69) is 36.1 Å². The number of benzene rings is 2. The van der Waals surface area contributed by atoms with E-state index in [1.165, 1.54) is 0 Å². The summed E-state index contributed by atoms with van der Waals surface area (Å²) in [4.78, 5) is 23.2. The molecule has 30 heavy (non-hydrogen) atoms. The molecular weight excluding hydrogens is 446 g/mol. The van der Waals surface area contributed by atoms with E-state index >= 15 is 0 Å². The van der Waals surface area contributed by atoms with E-state index in [-0.39, 0.29) is 5.91 Å². The predicted octanol–water partition coefficient (Wildman–Crippen LogP) is 4.58. The number of H-pyrrole nitrogens is 2. The number of aromatic amines is 2. The quantitative estimate of drug-likeness (QED) is 0.402. The number of rotatable bonds is 2. The lowest BCUT2D eigenvalue weighted by atomic mass is 9.99. The summed E-state index contributed by atoms with van der Waals surface area (Å²) in [6.45, 7) is 0.542. The molecule has 0 saturated heterocycles. The van der Waals surface area contributed by atoms with E-state index in [0.717, 1.165) is 37.7 Å². The van der Waals surface area contributed by atoms with Crippen LogP contribution >= 0.6 is 15.9 Å². The van der Waals surface area contributed by atoms with Gasteiger partial charge in [0.1, 0.15) is 17.4 Å². The lowest BCUT2D eigenvalue weighted by Gasteiger charge is -2.33. The van der Waals surface area contributed by atoms with Crippen LogP contribution in [0.1, 0.15) is 33.7 Å². The Morgan fingerprint density at radius 1 is 1.20 bits per heavy atom. The minimum Gasteiger partial charge on any atom is -0.458 e. The monoisotopic (exact) mass is 461 g/mol. The highest BCUT2D eigenvalue weighted by molar-refractivity contribution is 9.10. The Balaban J connectivity index is 1.48. The lowest BCUT2D eigenvalue weighted by Crippen LogP contribution is -2.40. The number of carbonyl (C=O) groups excluding carboxylic acids is 1. The highest BCUT2D eigenvalue weighted by Gasteiger charge is 2.37. The number of nitrogens with one attached hydrogen (secondary N) is 2. The molecule has 0 saturated carbocycles. The zero-order chi connectivity index (χ0) is 20.2. The number of para-hydroxylation sites is 1. The zero-order valence-electron chi connectivity index (χ0n) is 15.7. The number of hydrogen-bond acceptors (Lipinski definition) is 4. The van der Waals surface area contributed by atoms with E-state index < -0.39 is 6.04 Å². The van der Waals surface area contributed by atoms with Crippen molar-refractivity contribution in [3.63, 3.8) is 0 Å². The number of imidazole rings is 1. The van der Waals surface area contributed by atoms with Crippen molar-refractivity contribution in [2.24, 2.45) is 0 Å². The number of furan rings is 1. The first-order valence-corrected chi connectivity index (χ1v) is 10.4. The van der Waals surface area contributed by atoms with Crippen LogP contribution in [0, 0.1) is 0 Å². The Labute approximate surface area is 179 Å². The van der Waals surface area contributed by atoms with Crippen LogP contribution in [-0.2, 0) is 6.42 Å². The molecule has 3 aromatic heterocycles. The summed E-state index contributed by atoms with van der Waals surface area (Å²) in [5.41, 5.74) is 3.84. The van der Waals surface area contributed by atoms with Crippen molar-refractivity contribution >= 4 is 43.7 Å². The molecule has 8 heteroatoms. The van der Waals surface area contributed by atoms with E-state index in [1.807, 2.05) is 48.5 Å². The molecule has 1 aliphatic heterocycles. The standard InChI is InChI=1S/C22H16BrN5O2/c23-13-5-6-14-16(10-13)26-27-19(14)22(29)28-8-7-15-20(25-11-24-15)21(28)18-9-12-3-1-2-4-17(12)30-18/h1-6,9-11,21H,7-8H2,(H,24,25)(H,26,27)/t21-/m1/s1. The maximum atomic E-state index is 13.6. The van der Waals surface area contributed by atoms with Crippen LogP contribution < -0.4 is 0 Å². The molecule has 4 heterocycles. The van der Waals surface area contributed by atoms with E-state index in [1.54, 1.807) is 11.2 Å². The van der Waals surface area contributed by atoms with E-state index in [4.69, 9.17) is 4.42 Å². The summed E-state index contributed by atoms with van der Waals surface area (Å²) >= 11 is 3.46. The largest absolute Gasteiger partial charge is 0.458 e. The van der Waals surface area contributed by atoms with Gasteiger partial charge in [0.15, 0.2) is 5.69 Å². The number of nitrogens with zero attached hydrogens (tertiary/aromatic N) is 3. The van der Waals surface area contributed by atoms with Crippen molar-refractivity contribution in [1.82, 2.24) is 25.1 Å². The van der Waals surface area contributed by atoms with Gasteiger partial charge in [-0.3, -0.25) is 9.89 Å². The second kappa shape index (κ2) is 6.56. The van der Waals surface area contributed by atoms with Gasteiger partial charge in [-0.2, -0.15) is 5.10 Å². The average Bonchev–Trinajstić information content (AvgIpc) is 3.49. The molecule has 0 unspecified atom stereocenters. The van der Waals surface area contributed by atoms with Crippen molar-refractivity contribution in [3.8, 4) is 0 Å². The third-order valence-corrected chi connectivity index (χ3v) is 6.12. The van der Waals surface area contributed by atoms with Gasteiger partial charge in [-0.05, 0) is 30.3 Å². The highest BCUT2D eigenvalue weighted by Crippen LogP contribution is 2.37. The number of amides is 1. The van der Waals surface area contributed by atoms with Crippen LogP contribution in [0.15, 0.2) is 63.7 Å². The normalized spacial score (nSPS) is 16.3. The third kappa shape index (κ3) is 2.60. The van der Waals surface area contributed by atoms with Crippen LogP contribution in [0.4, 0.5) is 0 Å². The van der Waals surface area contributed by atoms with Crippen LogP contribution in [0.5, 0.6) is 0 Å². The predicted molar refractivity (Wildman–Crippen MR) is 115 cm³/mol. The average molecular weight is 462 g/mol. The molecule has 1 aliphatic rings. The molecule has 0 aliphatic carbocycles. The lowest BCUT2D eigenvalue weighted by molar-refractivity contribution is 0.0668. The second-order valence-electron chi connectivity index (χ2n) is 7.37. The van der Waals surface area contributed by atoms with Crippen molar-refractivity contribution in [2.45, 2.75) is 12.5 Å². The molecular formula is C22H16BrN5O2. The first-order chi connectivity index (χ1) is 14.7. The topological polar surface area (TPSA) is 90.8 Å². The number of aromatic nitrogens is 4. The molecule has 0 radical (unpaired) electrons. The maximum Gasteiger partial charge on any atom is 0.275 e. The van der Waals surface area contributed by atoms with Crippen LogP contribution in [0.2, 0.25) is 0 Å². The van der Waals surface area contributed by atoms with Crippen LogP contribution in [0.25, 0.3) is 21.9 Å². The molecule has 2 N–H and O–H groups in total. The number of fused-ring (bicyclic) bond motifs is 3. The van der Waals surface area contributed by atoms with Gasteiger partial charge in [0.05, 0.1) is 17.5 Å². The first kappa shape index (κ1) is 17.5. The first-order valence-electron chi connectivity index (χ1n) is 9.64. The Hall–Kier alpha value is -3.39. The summed E-state index contributed by atoms with van der Waals surface area (Å²) in [5, 5.41) is 9.09.